The highest BCUT2D eigenvalue weighted by molar-refractivity contribution is 5.22. The molecule has 0 amide bonds. The van der Waals surface area contributed by atoms with E-state index in [-0.39, 0.29) is 6.10 Å². The number of benzene rings is 2. The van der Waals surface area contributed by atoms with Crippen LogP contribution >= 0.6 is 0 Å². The third kappa shape index (κ3) is 3.43. The number of hydrogen-bond acceptors (Lipinski definition) is 1. The first-order valence-corrected chi connectivity index (χ1v) is 6.04. The van der Waals surface area contributed by atoms with Crippen LogP contribution in [-0.4, -0.2) is 5.11 Å². The Hall–Kier alpha value is -1.60. The summed E-state index contributed by atoms with van der Waals surface area (Å²) in [5.41, 5.74) is 3.56. The third-order valence-corrected chi connectivity index (χ3v) is 3.01. The highest BCUT2D eigenvalue weighted by Gasteiger charge is 2.06. The van der Waals surface area contributed by atoms with Gasteiger partial charge in [0.2, 0.25) is 0 Å². The number of aliphatic hydroxyl groups is 1. The maximum absolute atomic E-state index is 10.0. The molecule has 2 aromatic carbocycles. The van der Waals surface area contributed by atoms with E-state index in [2.05, 4.69) is 31.2 Å². The number of aliphatic hydroxyl groups excluding tert-OH is 1. The van der Waals surface area contributed by atoms with E-state index in [1.165, 1.54) is 11.1 Å². The molecule has 1 atom stereocenters. The van der Waals surface area contributed by atoms with Crippen molar-refractivity contribution >= 4 is 0 Å². The second-order valence-electron chi connectivity index (χ2n) is 4.45. The van der Waals surface area contributed by atoms with E-state index in [4.69, 9.17) is 0 Å². The van der Waals surface area contributed by atoms with Gasteiger partial charge in [-0.15, -0.1) is 0 Å². The van der Waals surface area contributed by atoms with Crippen molar-refractivity contribution in [3.63, 3.8) is 0 Å². The van der Waals surface area contributed by atoms with Gasteiger partial charge in [0.05, 0.1) is 6.10 Å². The molecule has 0 heterocycles. The summed E-state index contributed by atoms with van der Waals surface area (Å²) in [7, 11) is 0. The van der Waals surface area contributed by atoms with E-state index in [1.807, 2.05) is 30.3 Å². The lowest BCUT2D eigenvalue weighted by atomic mass is 10.0. The van der Waals surface area contributed by atoms with Gasteiger partial charge in [-0.05, 0) is 30.9 Å². The van der Waals surface area contributed by atoms with Gasteiger partial charge in [0.25, 0.3) is 0 Å². The van der Waals surface area contributed by atoms with Crippen molar-refractivity contribution in [3.05, 3.63) is 71.3 Å². The topological polar surface area (TPSA) is 20.2 Å². The molecule has 0 radical (unpaired) electrons. The maximum atomic E-state index is 10.0. The molecule has 2 aromatic rings. The number of hydrogen-bond donors (Lipinski definition) is 1. The fourth-order valence-electron chi connectivity index (χ4n) is 1.90. The summed E-state index contributed by atoms with van der Waals surface area (Å²) in [5, 5.41) is 10.0. The average molecular weight is 226 g/mol. The van der Waals surface area contributed by atoms with Gasteiger partial charge in [0.1, 0.15) is 0 Å². The number of rotatable bonds is 4. The third-order valence-electron chi connectivity index (χ3n) is 3.01. The first kappa shape index (κ1) is 11.9. The fraction of sp³-hybridized carbons (Fsp3) is 0.250. The fourth-order valence-corrected chi connectivity index (χ4v) is 1.90. The molecule has 1 heteroatoms. The number of aryl methyl sites for hydroxylation is 2. The molecular formula is C16H18O. The monoisotopic (exact) mass is 226 g/mol. The molecule has 17 heavy (non-hydrogen) atoms. The van der Waals surface area contributed by atoms with E-state index >= 15 is 0 Å². The Bertz CT molecular complexity index is 445. The van der Waals surface area contributed by atoms with Crippen molar-refractivity contribution in [1.29, 1.82) is 0 Å². The Kier molecular flexibility index (Phi) is 3.94. The summed E-state index contributed by atoms with van der Waals surface area (Å²) in [6.07, 6.45) is 1.32. The van der Waals surface area contributed by atoms with Gasteiger partial charge in [-0.2, -0.15) is 0 Å². The van der Waals surface area contributed by atoms with E-state index < -0.39 is 0 Å². The zero-order valence-electron chi connectivity index (χ0n) is 10.1. The minimum Gasteiger partial charge on any atom is -0.388 e. The summed E-state index contributed by atoms with van der Waals surface area (Å²) < 4.78 is 0. The zero-order valence-corrected chi connectivity index (χ0v) is 10.1. The van der Waals surface area contributed by atoms with Crippen LogP contribution in [-0.2, 0) is 6.42 Å². The molecule has 0 aliphatic heterocycles. The Balaban J connectivity index is 1.92. The molecule has 0 fully saturated rings. The predicted molar refractivity (Wildman–Crippen MR) is 70.9 cm³/mol. The van der Waals surface area contributed by atoms with E-state index in [0.717, 1.165) is 18.4 Å². The molecule has 88 valence electrons. The van der Waals surface area contributed by atoms with Crippen LogP contribution in [0.15, 0.2) is 54.6 Å². The molecule has 1 nitrogen and oxygen atoms in total. The first-order valence-electron chi connectivity index (χ1n) is 6.04. The van der Waals surface area contributed by atoms with E-state index in [0.29, 0.717) is 0 Å². The Morgan fingerprint density at radius 3 is 2.24 bits per heavy atom. The second kappa shape index (κ2) is 5.65. The van der Waals surface area contributed by atoms with Crippen LogP contribution in [0.1, 0.15) is 29.2 Å². The van der Waals surface area contributed by atoms with Gasteiger partial charge in [-0.25, -0.2) is 0 Å². The van der Waals surface area contributed by atoms with Crippen molar-refractivity contribution in [2.45, 2.75) is 25.9 Å². The maximum Gasteiger partial charge on any atom is 0.0793 e. The second-order valence-corrected chi connectivity index (χ2v) is 4.45. The van der Waals surface area contributed by atoms with E-state index in [1.54, 1.807) is 0 Å². The predicted octanol–water partition coefficient (Wildman–Crippen LogP) is 3.66. The lowest BCUT2D eigenvalue weighted by molar-refractivity contribution is 0.168. The molecule has 0 unspecified atom stereocenters. The lowest BCUT2D eigenvalue weighted by Crippen LogP contribution is -1.99. The van der Waals surface area contributed by atoms with Crippen LogP contribution in [0, 0.1) is 6.92 Å². The van der Waals surface area contributed by atoms with Crippen LogP contribution in [0.5, 0.6) is 0 Å². The standard InChI is InChI=1S/C16H18O/c1-13-7-9-14(10-8-13)11-12-16(17)15-5-3-2-4-6-15/h2-10,16-17H,11-12H2,1H3/t16-/m1/s1. The lowest BCUT2D eigenvalue weighted by Gasteiger charge is -2.10. The molecule has 0 bridgehead atoms. The van der Waals surface area contributed by atoms with Gasteiger partial charge in [-0.1, -0.05) is 60.2 Å². The Labute approximate surface area is 103 Å². The summed E-state index contributed by atoms with van der Waals surface area (Å²) in [6, 6.07) is 18.3. The normalized spacial score (nSPS) is 12.4. The molecule has 0 saturated carbocycles. The van der Waals surface area contributed by atoms with Crippen LogP contribution < -0.4 is 0 Å². The van der Waals surface area contributed by atoms with Gasteiger partial charge in [-0.3, -0.25) is 0 Å². The molecule has 0 spiro atoms. The Morgan fingerprint density at radius 2 is 1.59 bits per heavy atom. The first-order chi connectivity index (χ1) is 8.25. The van der Waals surface area contributed by atoms with Gasteiger partial charge in [0.15, 0.2) is 0 Å². The quantitative estimate of drug-likeness (QED) is 0.843. The smallest absolute Gasteiger partial charge is 0.0793 e. The van der Waals surface area contributed by atoms with Crippen LogP contribution in [0.3, 0.4) is 0 Å². The highest BCUT2D eigenvalue weighted by atomic mass is 16.3. The highest BCUT2D eigenvalue weighted by Crippen LogP contribution is 2.18. The average Bonchev–Trinajstić information content (AvgIpc) is 2.39. The van der Waals surface area contributed by atoms with Gasteiger partial charge < -0.3 is 5.11 Å². The summed E-state index contributed by atoms with van der Waals surface area (Å²) in [6.45, 7) is 2.09. The van der Waals surface area contributed by atoms with Crippen LogP contribution in [0.4, 0.5) is 0 Å². The molecule has 0 aromatic heterocycles. The van der Waals surface area contributed by atoms with E-state index in [9.17, 15) is 5.11 Å². The zero-order chi connectivity index (χ0) is 12.1. The molecule has 0 aliphatic rings. The van der Waals surface area contributed by atoms with Crippen molar-refractivity contribution in [2.24, 2.45) is 0 Å². The SMILES string of the molecule is Cc1ccc(CC[C@@H](O)c2ccccc2)cc1. The van der Waals surface area contributed by atoms with Crippen LogP contribution in [0.25, 0.3) is 0 Å². The van der Waals surface area contributed by atoms with Crippen molar-refractivity contribution in [2.75, 3.05) is 0 Å². The van der Waals surface area contributed by atoms with Crippen molar-refractivity contribution in [1.82, 2.24) is 0 Å². The molecule has 2 rings (SSSR count). The van der Waals surface area contributed by atoms with Gasteiger partial charge in [0, 0.05) is 0 Å². The molecule has 1 N–H and O–H groups in total. The summed E-state index contributed by atoms with van der Waals surface area (Å²) in [5.74, 6) is 0. The van der Waals surface area contributed by atoms with Crippen molar-refractivity contribution in [3.8, 4) is 0 Å². The van der Waals surface area contributed by atoms with Gasteiger partial charge >= 0.3 is 0 Å². The summed E-state index contributed by atoms with van der Waals surface area (Å²) in [4.78, 5) is 0. The minimum atomic E-state index is -0.363. The Morgan fingerprint density at radius 1 is 0.941 bits per heavy atom. The van der Waals surface area contributed by atoms with Crippen LogP contribution in [0.2, 0.25) is 0 Å². The van der Waals surface area contributed by atoms with Crippen molar-refractivity contribution < 1.29 is 5.11 Å². The summed E-state index contributed by atoms with van der Waals surface area (Å²) >= 11 is 0. The molecule has 0 saturated heterocycles. The molecule has 0 aliphatic carbocycles. The molecular weight excluding hydrogens is 208 g/mol. The largest absolute Gasteiger partial charge is 0.388 e. The minimum absolute atomic E-state index is 0.363.